The second-order valence-electron chi connectivity index (χ2n) is 22.1. The molecule has 0 aliphatic carbocycles. The number of ether oxygens (including phenoxy) is 3. The van der Waals surface area contributed by atoms with Crippen LogP contribution in [-0.2, 0) is 46.2 Å². The number of benzene rings is 4. The van der Waals surface area contributed by atoms with E-state index in [1.807, 2.05) is 48.5 Å². The Balaban J connectivity index is 0.000000321. The predicted molar refractivity (Wildman–Crippen MR) is 349 cm³/mol. The molecule has 26 heteroatoms. The Bertz CT molecular complexity index is 3390. The molecule has 0 radical (unpaired) electrons. The van der Waals surface area contributed by atoms with Crippen molar-refractivity contribution in [3.05, 3.63) is 142 Å². The molecular formula is C63H78Cl2F2N10O10S2. The van der Waals surface area contributed by atoms with Crippen LogP contribution in [0.1, 0.15) is 70.4 Å². The first-order chi connectivity index (χ1) is 41.6. The number of pyridine rings is 2. The van der Waals surface area contributed by atoms with Crippen molar-refractivity contribution in [1.29, 1.82) is 0 Å². The maximum absolute atomic E-state index is 13.9. The number of carbonyl (C=O) groups excluding carboxylic acids is 7. The number of rotatable bonds is 20. The quantitative estimate of drug-likeness (QED) is 0.0606. The van der Waals surface area contributed by atoms with Gasteiger partial charge in [0.1, 0.15) is 42.1 Å². The molecular weight excluding hydrogens is 1230 g/mol. The van der Waals surface area contributed by atoms with E-state index in [4.69, 9.17) is 37.4 Å². The Labute approximate surface area is 541 Å². The summed E-state index contributed by atoms with van der Waals surface area (Å²) in [6.45, 7) is 9.23. The number of fused-ring (bicyclic) bond motifs is 2. The number of nitrogens with zero attached hydrogens (tertiary/aromatic N) is 7. The Morgan fingerprint density at radius 2 is 0.966 bits per heavy atom. The van der Waals surface area contributed by atoms with Crippen LogP contribution in [0, 0.1) is 11.6 Å². The lowest BCUT2D eigenvalue weighted by atomic mass is 10.1. The van der Waals surface area contributed by atoms with E-state index >= 15 is 0 Å². The fourth-order valence-electron chi connectivity index (χ4n) is 9.71. The molecule has 4 aromatic carbocycles. The van der Waals surface area contributed by atoms with Crippen molar-refractivity contribution in [1.82, 2.24) is 39.8 Å². The van der Waals surface area contributed by atoms with Gasteiger partial charge in [0, 0.05) is 115 Å². The van der Waals surface area contributed by atoms with Crippen LogP contribution in [0.15, 0.2) is 109 Å². The molecule has 6 aromatic rings. The molecule has 2 saturated heterocycles. The van der Waals surface area contributed by atoms with Crippen molar-refractivity contribution in [3.8, 4) is 0 Å². The van der Waals surface area contributed by atoms with E-state index in [1.54, 1.807) is 92.3 Å². The summed E-state index contributed by atoms with van der Waals surface area (Å²) in [4.78, 5) is 106. The third kappa shape index (κ3) is 22.2. The number of likely N-dealkylation sites (N-methyl/N-ethyl adjacent to an activating group) is 2. The first-order valence-electron chi connectivity index (χ1n) is 28.8. The SMILES string of the molecule is CN(C(=O)CCc1cccc(F)c1Cl)[C@@H](CCC(=O)N1CCN(C(=O)OC(C)(C)C)CC1)COC(=O)Nc1cc2ccccc2cn1.CN(C(=O)CCc1cccc(F)c1Cl)[C@@H](CCC(=O)N1CCNCC1)COC(=O)Nc1cc2ccccc2cn1.S.S. The third-order valence-corrected chi connectivity index (χ3v) is 15.7. The van der Waals surface area contributed by atoms with Gasteiger partial charge >= 0.3 is 18.3 Å². The van der Waals surface area contributed by atoms with Gasteiger partial charge in [0.05, 0.1) is 22.1 Å². The summed E-state index contributed by atoms with van der Waals surface area (Å²) in [5.41, 5.74) is 0.424. The van der Waals surface area contributed by atoms with Crippen LogP contribution in [0.2, 0.25) is 10.0 Å². The molecule has 0 saturated carbocycles. The number of anilines is 2. The molecule has 0 unspecified atom stereocenters. The van der Waals surface area contributed by atoms with E-state index < -0.39 is 47.6 Å². The molecule has 2 aliphatic heterocycles. The molecule has 20 nitrogen and oxygen atoms in total. The summed E-state index contributed by atoms with van der Waals surface area (Å²) in [5, 5.41) is 12.1. The standard InChI is InChI=1S/C34H41ClFN5O6.C29H33ClFN5O4.2H2S/c1-34(2,3)47-33(45)41-18-16-40(17-19-41)30(43)15-13-26(39(4)29(42)14-12-23-10-7-11-27(36)31(23)35)22-46-32(44)38-28-20-24-8-5-6-9-25(24)21-37-28;1-35(26(37)11-9-20-7-4-8-24(31)28(20)30)23(10-12-27(38)36-15-13-32-14-16-36)19-40-29(39)34-25-17-21-5-2-3-6-22(21)18-33-25;;/h5-11,20-21,26H,12-19,22H2,1-4H3,(H,37,38,44);2-8,17-18,23,32H,9-16,19H2,1H3,(H,33,34,39);2*1H2/t26-;23-;;/m00../s1. The van der Waals surface area contributed by atoms with Crippen molar-refractivity contribution in [2.45, 2.75) is 89.8 Å². The average molecular weight is 1310 g/mol. The Hall–Kier alpha value is -7.51. The molecule has 2 atom stereocenters. The van der Waals surface area contributed by atoms with Crippen molar-refractivity contribution >= 4 is 125 Å². The summed E-state index contributed by atoms with van der Waals surface area (Å²) in [5.74, 6) is -1.13. The molecule has 0 bridgehead atoms. The lowest BCUT2D eigenvalue weighted by molar-refractivity contribution is -0.136. The van der Waals surface area contributed by atoms with Crippen LogP contribution in [0.3, 0.4) is 0 Å². The van der Waals surface area contributed by atoms with E-state index in [1.165, 1.54) is 28.0 Å². The largest absolute Gasteiger partial charge is 0.447 e. The zero-order chi connectivity index (χ0) is 62.6. The fourth-order valence-corrected chi connectivity index (χ4v) is 10.1. The summed E-state index contributed by atoms with van der Waals surface area (Å²) >= 11 is 12.1. The van der Waals surface area contributed by atoms with Crippen LogP contribution >= 0.6 is 50.2 Å². The van der Waals surface area contributed by atoms with Gasteiger partial charge in [-0.3, -0.25) is 29.8 Å². The molecule has 8 rings (SSSR count). The van der Waals surface area contributed by atoms with Crippen LogP contribution < -0.4 is 16.0 Å². The summed E-state index contributed by atoms with van der Waals surface area (Å²) in [6, 6.07) is 26.4. The molecule has 2 fully saturated rings. The number of amides is 7. The average Bonchev–Trinajstić information content (AvgIpc) is 3.37. The lowest BCUT2D eigenvalue weighted by Crippen LogP contribution is -2.51. The van der Waals surface area contributed by atoms with E-state index in [0.29, 0.717) is 68.5 Å². The van der Waals surface area contributed by atoms with Gasteiger partial charge in [-0.25, -0.2) is 33.1 Å². The highest BCUT2D eigenvalue weighted by Gasteiger charge is 2.30. The van der Waals surface area contributed by atoms with Crippen LogP contribution in [0.4, 0.5) is 34.8 Å². The topological polar surface area (TPSA) is 225 Å². The number of piperazine rings is 2. The molecule has 7 amide bonds. The van der Waals surface area contributed by atoms with Gasteiger partial charge in [0.2, 0.25) is 23.6 Å². The van der Waals surface area contributed by atoms with Crippen molar-refractivity contribution in [3.63, 3.8) is 0 Å². The number of aryl methyl sites for hydroxylation is 2. The monoisotopic (exact) mass is 1310 g/mol. The number of aromatic nitrogens is 2. The minimum absolute atomic E-state index is 0. The third-order valence-electron chi connectivity index (χ3n) is 14.8. The first kappa shape index (κ1) is 72.2. The summed E-state index contributed by atoms with van der Waals surface area (Å²) in [7, 11) is 3.19. The molecule has 0 spiro atoms. The maximum atomic E-state index is 13.9. The number of hydrogen-bond acceptors (Lipinski definition) is 13. The highest BCUT2D eigenvalue weighted by molar-refractivity contribution is 7.59. The predicted octanol–water partition coefficient (Wildman–Crippen LogP) is 10.4. The maximum Gasteiger partial charge on any atom is 0.412 e. The van der Waals surface area contributed by atoms with E-state index in [2.05, 4.69) is 25.9 Å². The highest BCUT2D eigenvalue weighted by Crippen LogP contribution is 2.25. The smallest absolute Gasteiger partial charge is 0.412 e. The number of carbonyl (C=O) groups is 7. The Morgan fingerprint density at radius 3 is 1.38 bits per heavy atom. The Kier molecular flexibility index (Phi) is 28.4. The van der Waals surface area contributed by atoms with Crippen molar-refractivity contribution in [2.24, 2.45) is 0 Å². The minimum Gasteiger partial charge on any atom is -0.447 e. The normalized spacial score (nSPS) is 13.7. The highest BCUT2D eigenvalue weighted by atomic mass is 35.5. The number of nitrogens with one attached hydrogen (secondary N) is 3. The molecule has 480 valence electrons. The second-order valence-corrected chi connectivity index (χ2v) is 22.8. The van der Waals surface area contributed by atoms with Gasteiger partial charge in [-0.1, -0.05) is 96.0 Å². The van der Waals surface area contributed by atoms with Crippen molar-refractivity contribution < 1.29 is 56.6 Å². The van der Waals surface area contributed by atoms with Crippen LogP contribution in [0.25, 0.3) is 21.5 Å². The molecule has 2 aliphatic rings. The van der Waals surface area contributed by atoms with Crippen LogP contribution in [-0.4, -0.2) is 174 Å². The van der Waals surface area contributed by atoms with Gasteiger partial charge < -0.3 is 44.0 Å². The molecule has 3 N–H and O–H groups in total. The zero-order valence-electron chi connectivity index (χ0n) is 50.5. The van der Waals surface area contributed by atoms with Gasteiger partial charge in [0.15, 0.2) is 0 Å². The molecule has 2 aromatic heterocycles. The first-order valence-corrected chi connectivity index (χ1v) is 29.6. The fraction of sp³-hybridized carbons (Fsp3) is 0.413. The van der Waals surface area contributed by atoms with Gasteiger partial charge in [-0.15, -0.1) is 0 Å². The van der Waals surface area contributed by atoms with E-state index in [-0.39, 0.29) is 119 Å². The summed E-state index contributed by atoms with van der Waals surface area (Å²) < 4.78 is 44.1. The lowest BCUT2D eigenvalue weighted by Gasteiger charge is -2.36. The molecule has 4 heterocycles. The minimum atomic E-state index is -0.755. The zero-order valence-corrected chi connectivity index (χ0v) is 54.0. The van der Waals surface area contributed by atoms with E-state index in [0.717, 1.165) is 34.6 Å². The number of halogens is 4. The van der Waals surface area contributed by atoms with Gasteiger partial charge in [-0.05, 0) is 92.6 Å². The van der Waals surface area contributed by atoms with Gasteiger partial charge in [-0.2, -0.15) is 27.0 Å². The van der Waals surface area contributed by atoms with E-state index in [9.17, 15) is 42.3 Å². The van der Waals surface area contributed by atoms with Crippen molar-refractivity contribution in [2.75, 3.05) is 90.3 Å². The second kappa shape index (κ2) is 35.0. The summed E-state index contributed by atoms with van der Waals surface area (Å²) in [6.07, 6.45) is 2.81. The van der Waals surface area contributed by atoms with Gasteiger partial charge in [0.25, 0.3) is 0 Å². The Morgan fingerprint density at radius 1 is 0.573 bits per heavy atom. The molecule has 89 heavy (non-hydrogen) atoms. The number of hydrogen-bond donors (Lipinski definition) is 3. The van der Waals surface area contributed by atoms with Crippen LogP contribution in [0.5, 0.6) is 0 Å².